The lowest BCUT2D eigenvalue weighted by molar-refractivity contribution is 0.385. The first kappa shape index (κ1) is 14.0. The largest absolute Gasteiger partial charge is 0.282 e. The van der Waals surface area contributed by atoms with Crippen molar-refractivity contribution in [2.45, 2.75) is 32.1 Å². The van der Waals surface area contributed by atoms with Crippen LogP contribution in [0.4, 0.5) is 5.69 Å². The van der Waals surface area contributed by atoms with Gasteiger partial charge >= 0.3 is 0 Å². The molecule has 0 radical (unpaired) electrons. The first-order valence-electron chi connectivity index (χ1n) is 6.16. The molecule has 1 N–H and O–H groups in total. The summed E-state index contributed by atoms with van der Waals surface area (Å²) in [5, 5.41) is 0. The number of aromatic nitrogens is 1. The Morgan fingerprint density at radius 3 is 2.67 bits per heavy atom. The van der Waals surface area contributed by atoms with E-state index in [1.54, 1.807) is 18.5 Å². The molecule has 0 aromatic carbocycles. The van der Waals surface area contributed by atoms with Crippen molar-refractivity contribution in [1.82, 2.24) is 4.98 Å². The van der Waals surface area contributed by atoms with Gasteiger partial charge in [-0.05, 0) is 47.4 Å². The summed E-state index contributed by atoms with van der Waals surface area (Å²) in [6.45, 7) is 0. The first-order chi connectivity index (χ1) is 8.55. The van der Waals surface area contributed by atoms with Crippen LogP contribution in [0, 0.1) is 9.49 Å². The quantitative estimate of drug-likeness (QED) is 0.817. The Labute approximate surface area is 122 Å². The second kappa shape index (κ2) is 6.18. The van der Waals surface area contributed by atoms with E-state index in [0.29, 0.717) is 11.6 Å². The molecule has 1 heterocycles. The molecule has 0 atom stereocenters. The van der Waals surface area contributed by atoms with Crippen molar-refractivity contribution in [3.63, 3.8) is 0 Å². The van der Waals surface area contributed by atoms with E-state index in [0.717, 1.165) is 29.3 Å². The lowest BCUT2D eigenvalue weighted by Gasteiger charge is -2.21. The second-order valence-electron chi connectivity index (χ2n) is 4.78. The van der Waals surface area contributed by atoms with Gasteiger partial charge in [-0.1, -0.05) is 19.3 Å². The lowest BCUT2D eigenvalue weighted by atomic mass is 9.91. The van der Waals surface area contributed by atoms with Crippen LogP contribution in [0.1, 0.15) is 32.1 Å². The predicted octanol–water partition coefficient (Wildman–Crippen LogP) is 3.01. The van der Waals surface area contributed by atoms with Gasteiger partial charge in [-0.25, -0.2) is 8.42 Å². The van der Waals surface area contributed by atoms with Gasteiger partial charge in [0.2, 0.25) is 10.0 Å². The summed E-state index contributed by atoms with van der Waals surface area (Å²) in [7, 11) is -3.24. The third kappa shape index (κ3) is 4.38. The van der Waals surface area contributed by atoms with E-state index in [1.165, 1.54) is 6.42 Å². The molecule has 1 aliphatic carbocycles. The average Bonchev–Trinajstić information content (AvgIpc) is 2.28. The molecule has 1 aromatic rings. The minimum Gasteiger partial charge on any atom is -0.282 e. The monoisotopic (exact) mass is 380 g/mol. The number of pyridine rings is 1. The number of nitrogens with one attached hydrogen (secondary N) is 1. The molecule has 0 spiro atoms. The van der Waals surface area contributed by atoms with E-state index in [4.69, 9.17) is 0 Å². The minimum atomic E-state index is -3.24. The highest BCUT2D eigenvalue weighted by atomic mass is 127. The van der Waals surface area contributed by atoms with Crippen LogP contribution < -0.4 is 4.72 Å². The third-order valence-corrected chi connectivity index (χ3v) is 5.20. The number of halogens is 1. The van der Waals surface area contributed by atoms with Gasteiger partial charge in [0.1, 0.15) is 0 Å². The maximum absolute atomic E-state index is 12.0. The van der Waals surface area contributed by atoms with Gasteiger partial charge in [0.25, 0.3) is 0 Å². The van der Waals surface area contributed by atoms with E-state index in [-0.39, 0.29) is 5.75 Å². The van der Waals surface area contributed by atoms with Gasteiger partial charge in [-0.15, -0.1) is 0 Å². The minimum absolute atomic E-state index is 0.235. The standard InChI is InChI=1S/C12H17IN2O2S/c13-11-6-12(8-14-7-11)15-18(16,17)9-10-4-2-1-3-5-10/h6-8,10,15H,1-5,9H2. The fraction of sp³-hybridized carbons (Fsp3) is 0.583. The van der Waals surface area contributed by atoms with Crippen LogP contribution in [0.5, 0.6) is 0 Å². The van der Waals surface area contributed by atoms with Crippen LogP contribution in [0.25, 0.3) is 0 Å². The van der Waals surface area contributed by atoms with Crippen molar-refractivity contribution in [3.8, 4) is 0 Å². The van der Waals surface area contributed by atoms with Crippen LogP contribution in [-0.4, -0.2) is 19.2 Å². The van der Waals surface area contributed by atoms with E-state index in [9.17, 15) is 8.42 Å². The summed E-state index contributed by atoms with van der Waals surface area (Å²) in [4.78, 5) is 3.98. The van der Waals surface area contributed by atoms with Crippen LogP contribution in [0.3, 0.4) is 0 Å². The normalized spacial score (nSPS) is 17.6. The fourth-order valence-corrected chi connectivity index (χ4v) is 4.36. The zero-order chi connectivity index (χ0) is 13.0. The molecule has 18 heavy (non-hydrogen) atoms. The Hall–Kier alpha value is -0.370. The molecule has 0 bridgehead atoms. The van der Waals surface area contributed by atoms with Gasteiger partial charge in [-0.2, -0.15) is 0 Å². The summed E-state index contributed by atoms with van der Waals surface area (Å²) in [5.41, 5.74) is 0.553. The number of sulfonamides is 1. The highest BCUT2D eigenvalue weighted by Gasteiger charge is 2.21. The fourth-order valence-electron chi connectivity index (χ4n) is 2.35. The highest BCUT2D eigenvalue weighted by Crippen LogP contribution is 2.25. The van der Waals surface area contributed by atoms with Crippen LogP contribution >= 0.6 is 22.6 Å². The first-order valence-corrected chi connectivity index (χ1v) is 8.89. The van der Waals surface area contributed by atoms with Crippen LogP contribution in [0.2, 0.25) is 0 Å². The second-order valence-corrected chi connectivity index (χ2v) is 7.79. The summed E-state index contributed by atoms with van der Waals surface area (Å²) in [6.07, 6.45) is 8.86. The Morgan fingerprint density at radius 2 is 2.00 bits per heavy atom. The van der Waals surface area contributed by atoms with Crippen molar-refractivity contribution in [2.75, 3.05) is 10.5 Å². The van der Waals surface area contributed by atoms with Gasteiger partial charge < -0.3 is 0 Å². The van der Waals surface area contributed by atoms with Gasteiger partial charge in [-0.3, -0.25) is 9.71 Å². The molecular weight excluding hydrogens is 363 g/mol. The molecule has 0 amide bonds. The Morgan fingerprint density at radius 1 is 1.28 bits per heavy atom. The summed E-state index contributed by atoms with van der Waals surface area (Å²) >= 11 is 2.11. The molecule has 0 unspecified atom stereocenters. The van der Waals surface area contributed by atoms with Crippen molar-refractivity contribution in [3.05, 3.63) is 22.0 Å². The number of hydrogen-bond acceptors (Lipinski definition) is 3. The molecule has 100 valence electrons. The van der Waals surface area contributed by atoms with E-state index in [1.807, 2.05) is 0 Å². The average molecular weight is 380 g/mol. The van der Waals surface area contributed by atoms with Crippen LogP contribution in [0.15, 0.2) is 18.5 Å². The molecule has 1 fully saturated rings. The summed E-state index contributed by atoms with van der Waals surface area (Å²) in [6, 6.07) is 1.78. The molecule has 0 aliphatic heterocycles. The number of hydrogen-bond donors (Lipinski definition) is 1. The maximum atomic E-state index is 12.0. The summed E-state index contributed by atoms with van der Waals surface area (Å²) < 4.78 is 27.6. The number of anilines is 1. The molecular formula is C12H17IN2O2S. The van der Waals surface area contributed by atoms with E-state index < -0.39 is 10.0 Å². The van der Waals surface area contributed by atoms with Crippen molar-refractivity contribution >= 4 is 38.3 Å². The van der Waals surface area contributed by atoms with E-state index >= 15 is 0 Å². The predicted molar refractivity (Wildman–Crippen MR) is 80.9 cm³/mol. The van der Waals surface area contributed by atoms with Gasteiger partial charge in [0.05, 0.1) is 17.6 Å². The topological polar surface area (TPSA) is 59.1 Å². The number of rotatable bonds is 4. The smallest absolute Gasteiger partial charge is 0.233 e. The molecule has 1 saturated carbocycles. The zero-order valence-corrected chi connectivity index (χ0v) is 13.1. The Bertz CT molecular complexity index is 499. The van der Waals surface area contributed by atoms with E-state index in [2.05, 4.69) is 32.3 Å². The summed E-state index contributed by atoms with van der Waals surface area (Å²) in [5.74, 6) is 0.547. The number of nitrogens with zero attached hydrogens (tertiary/aromatic N) is 1. The van der Waals surface area contributed by atoms with Gasteiger partial charge in [0, 0.05) is 9.77 Å². The van der Waals surface area contributed by atoms with Crippen LogP contribution in [-0.2, 0) is 10.0 Å². The maximum Gasteiger partial charge on any atom is 0.233 e. The molecule has 0 saturated heterocycles. The van der Waals surface area contributed by atoms with Crippen molar-refractivity contribution in [1.29, 1.82) is 0 Å². The van der Waals surface area contributed by atoms with Gasteiger partial charge in [0.15, 0.2) is 0 Å². The third-order valence-electron chi connectivity index (χ3n) is 3.16. The lowest BCUT2D eigenvalue weighted by Crippen LogP contribution is -2.24. The molecule has 6 heteroatoms. The SMILES string of the molecule is O=S(=O)(CC1CCCCC1)Nc1cncc(I)c1. The zero-order valence-electron chi connectivity index (χ0n) is 10.1. The van der Waals surface area contributed by atoms with Crippen molar-refractivity contribution in [2.24, 2.45) is 5.92 Å². The van der Waals surface area contributed by atoms with Crippen molar-refractivity contribution < 1.29 is 8.42 Å². The highest BCUT2D eigenvalue weighted by molar-refractivity contribution is 14.1. The Kier molecular flexibility index (Phi) is 4.83. The Balaban J connectivity index is 1.98. The molecule has 2 rings (SSSR count). The molecule has 1 aliphatic rings. The molecule has 4 nitrogen and oxygen atoms in total. The molecule has 1 aromatic heterocycles.